The highest BCUT2D eigenvalue weighted by atomic mass is 16.6. The van der Waals surface area contributed by atoms with Crippen LogP contribution in [0, 0.1) is 0 Å². The first-order chi connectivity index (χ1) is 20.3. The van der Waals surface area contributed by atoms with Gasteiger partial charge in [-0.15, -0.1) is 0 Å². The zero-order chi connectivity index (χ0) is 28.8. The third-order valence-electron chi connectivity index (χ3n) is 6.99. The zero-order valence-corrected chi connectivity index (χ0v) is 24.8. The summed E-state index contributed by atoms with van der Waals surface area (Å²) in [6.07, 6.45) is 7.22. The van der Waals surface area contributed by atoms with Crippen LogP contribution in [0.4, 0.5) is 4.79 Å². The van der Waals surface area contributed by atoms with E-state index in [2.05, 4.69) is 36.5 Å². The molecule has 41 heavy (non-hydrogen) atoms. The van der Waals surface area contributed by atoms with Crippen molar-refractivity contribution in [2.75, 3.05) is 79.2 Å². The van der Waals surface area contributed by atoms with E-state index in [9.17, 15) is 4.79 Å². The van der Waals surface area contributed by atoms with Crippen LogP contribution in [0.2, 0.25) is 0 Å². The molecule has 8 heteroatoms. The van der Waals surface area contributed by atoms with Crippen LogP contribution < -0.4 is 5.32 Å². The second kappa shape index (κ2) is 21.2. The van der Waals surface area contributed by atoms with E-state index in [4.69, 9.17) is 28.4 Å². The van der Waals surface area contributed by atoms with Gasteiger partial charge in [-0.25, -0.2) is 4.79 Å². The minimum atomic E-state index is -0.437. The van der Waals surface area contributed by atoms with Gasteiger partial charge in [0.25, 0.3) is 0 Å². The maximum absolute atomic E-state index is 12.2. The van der Waals surface area contributed by atoms with Crippen molar-refractivity contribution in [3.8, 4) is 11.1 Å². The quantitative estimate of drug-likeness (QED) is 0.155. The third kappa shape index (κ3) is 12.9. The highest BCUT2D eigenvalue weighted by molar-refractivity contribution is 5.79. The molecule has 1 aliphatic carbocycles. The number of alkyl carbamates (subject to hydrolysis) is 1. The van der Waals surface area contributed by atoms with Gasteiger partial charge in [-0.05, 0) is 28.7 Å². The lowest BCUT2D eigenvalue weighted by molar-refractivity contribution is -0.0110. The van der Waals surface area contributed by atoms with E-state index < -0.39 is 6.09 Å². The lowest BCUT2D eigenvalue weighted by Crippen LogP contribution is -2.29. The molecule has 0 atom stereocenters. The highest BCUT2D eigenvalue weighted by Crippen LogP contribution is 2.44. The molecule has 0 unspecified atom stereocenters. The van der Waals surface area contributed by atoms with Gasteiger partial charge in [-0.1, -0.05) is 87.6 Å². The van der Waals surface area contributed by atoms with Crippen LogP contribution in [0.15, 0.2) is 48.5 Å². The van der Waals surface area contributed by atoms with E-state index in [1.54, 1.807) is 0 Å². The Labute approximate surface area is 246 Å². The summed E-state index contributed by atoms with van der Waals surface area (Å²) in [6, 6.07) is 16.6. The van der Waals surface area contributed by atoms with Gasteiger partial charge in [0.1, 0.15) is 6.61 Å². The van der Waals surface area contributed by atoms with Crippen LogP contribution in [0.25, 0.3) is 11.1 Å². The molecule has 0 radical (unpaired) electrons. The van der Waals surface area contributed by atoms with Crippen LogP contribution in [0.5, 0.6) is 0 Å². The van der Waals surface area contributed by atoms with Crippen LogP contribution in [0.3, 0.4) is 0 Å². The van der Waals surface area contributed by atoms with Crippen molar-refractivity contribution in [3.63, 3.8) is 0 Å². The minimum absolute atomic E-state index is 0.0530. The molecule has 0 saturated carbocycles. The van der Waals surface area contributed by atoms with Crippen molar-refractivity contribution >= 4 is 6.09 Å². The van der Waals surface area contributed by atoms with Crippen molar-refractivity contribution in [3.05, 3.63) is 59.7 Å². The van der Waals surface area contributed by atoms with E-state index >= 15 is 0 Å². The number of carbonyl (C=O) groups is 1. The Hall–Kier alpha value is -2.49. The maximum atomic E-state index is 12.2. The first-order valence-electron chi connectivity index (χ1n) is 15.3. The predicted octanol–water partition coefficient (Wildman–Crippen LogP) is 5.97. The molecule has 0 heterocycles. The molecule has 0 bridgehead atoms. The molecule has 0 aliphatic heterocycles. The summed E-state index contributed by atoms with van der Waals surface area (Å²) in [5.41, 5.74) is 4.82. The summed E-state index contributed by atoms with van der Waals surface area (Å²) < 4.78 is 33.1. The third-order valence-corrected chi connectivity index (χ3v) is 6.99. The normalized spacial score (nSPS) is 12.3. The van der Waals surface area contributed by atoms with Gasteiger partial charge in [0.15, 0.2) is 0 Å². The van der Waals surface area contributed by atoms with E-state index in [1.165, 1.54) is 54.4 Å². The van der Waals surface area contributed by atoms with E-state index in [1.807, 2.05) is 24.3 Å². The van der Waals surface area contributed by atoms with Crippen molar-refractivity contribution < 1.29 is 33.2 Å². The summed E-state index contributed by atoms with van der Waals surface area (Å²) in [5, 5.41) is 2.75. The fourth-order valence-electron chi connectivity index (χ4n) is 4.84. The molecular weight excluding hydrogens is 522 g/mol. The summed E-state index contributed by atoms with van der Waals surface area (Å²) in [6.45, 7) is 8.41. The van der Waals surface area contributed by atoms with Crippen molar-refractivity contribution in [1.29, 1.82) is 0 Å². The fraction of sp³-hybridized carbons (Fsp3) is 0.606. The molecule has 8 nitrogen and oxygen atoms in total. The Bertz CT molecular complexity index is 925. The minimum Gasteiger partial charge on any atom is -0.449 e. The summed E-state index contributed by atoms with van der Waals surface area (Å²) in [4.78, 5) is 12.2. The van der Waals surface area contributed by atoms with Crippen LogP contribution >= 0.6 is 0 Å². The monoisotopic (exact) mass is 571 g/mol. The number of nitrogens with one attached hydrogen (secondary N) is 1. The van der Waals surface area contributed by atoms with E-state index in [0.717, 1.165) is 13.0 Å². The van der Waals surface area contributed by atoms with E-state index in [0.29, 0.717) is 72.6 Å². The number of hydrogen-bond acceptors (Lipinski definition) is 7. The number of unbranched alkanes of at least 4 members (excludes halogenated alkanes) is 5. The summed E-state index contributed by atoms with van der Waals surface area (Å²) >= 11 is 0. The Morgan fingerprint density at radius 1 is 0.610 bits per heavy atom. The molecule has 1 N–H and O–H groups in total. The van der Waals surface area contributed by atoms with Gasteiger partial charge in [0, 0.05) is 19.1 Å². The van der Waals surface area contributed by atoms with Crippen LogP contribution in [-0.2, 0) is 28.4 Å². The lowest BCUT2D eigenvalue weighted by atomic mass is 9.98. The summed E-state index contributed by atoms with van der Waals surface area (Å²) in [7, 11) is 0. The number of fused-ring (bicyclic) bond motifs is 3. The first kappa shape index (κ1) is 33.0. The Kier molecular flexibility index (Phi) is 17.1. The number of amides is 1. The molecule has 228 valence electrons. The molecular formula is C33H49NO7. The van der Waals surface area contributed by atoms with Gasteiger partial charge in [0.05, 0.1) is 59.5 Å². The number of ether oxygens (including phenoxy) is 6. The van der Waals surface area contributed by atoms with Crippen molar-refractivity contribution in [2.24, 2.45) is 0 Å². The van der Waals surface area contributed by atoms with Gasteiger partial charge in [0.2, 0.25) is 0 Å². The van der Waals surface area contributed by atoms with E-state index in [-0.39, 0.29) is 5.92 Å². The molecule has 1 amide bonds. The largest absolute Gasteiger partial charge is 0.449 e. The SMILES string of the molecule is CCCCCCCCOCCOCCOCCOCCOCCNC(=O)OCC1c2ccccc2-c2ccccc21. The number of benzene rings is 2. The van der Waals surface area contributed by atoms with Gasteiger partial charge in [-0.3, -0.25) is 0 Å². The molecule has 0 aromatic heterocycles. The Morgan fingerprint density at radius 2 is 1.07 bits per heavy atom. The van der Waals surface area contributed by atoms with Gasteiger partial charge < -0.3 is 33.7 Å². The molecule has 2 aromatic rings. The lowest BCUT2D eigenvalue weighted by Gasteiger charge is -2.14. The first-order valence-corrected chi connectivity index (χ1v) is 15.3. The predicted molar refractivity (Wildman–Crippen MR) is 161 cm³/mol. The molecule has 1 aliphatic rings. The molecule has 0 fully saturated rings. The Morgan fingerprint density at radius 3 is 1.63 bits per heavy atom. The second-order valence-electron chi connectivity index (χ2n) is 10.1. The maximum Gasteiger partial charge on any atom is 0.407 e. The average molecular weight is 572 g/mol. The number of hydrogen-bond donors (Lipinski definition) is 1. The second-order valence-corrected chi connectivity index (χ2v) is 10.1. The van der Waals surface area contributed by atoms with Crippen LogP contribution in [-0.4, -0.2) is 85.3 Å². The molecule has 3 rings (SSSR count). The highest BCUT2D eigenvalue weighted by Gasteiger charge is 2.28. The van der Waals surface area contributed by atoms with Gasteiger partial charge >= 0.3 is 6.09 Å². The van der Waals surface area contributed by atoms with Gasteiger partial charge in [-0.2, -0.15) is 0 Å². The number of carbonyl (C=O) groups excluding carboxylic acids is 1. The average Bonchev–Trinajstić information content (AvgIpc) is 3.32. The van der Waals surface area contributed by atoms with Crippen LogP contribution in [0.1, 0.15) is 62.5 Å². The standard InChI is InChI=1S/C33H49NO7/c1-2-3-4-5-6-11-17-36-19-21-38-23-25-40-26-24-39-22-20-37-18-16-34-33(35)41-27-32-30-14-9-7-12-28(30)29-13-8-10-15-31(29)32/h7-10,12-15,32H,2-6,11,16-27H2,1H3,(H,34,35). The topological polar surface area (TPSA) is 84.5 Å². The molecule has 0 spiro atoms. The number of rotatable bonds is 24. The molecule has 0 saturated heterocycles. The summed E-state index contributed by atoms with van der Waals surface area (Å²) in [5.74, 6) is 0.0530. The van der Waals surface area contributed by atoms with Crippen molar-refractivity contribution in [1.82, 2.24) is 5.32 Å². The smallest absolute Gasteiger partial charge is 0.407 e. The van der Waals surface area contributed by atoms with Crippen molar-refractivity contribution in [2.45, 2.75) is 51.4 Å². The fourth-order valence-corrected chi connectivity index (χ4v) is 4.84. The zero-order valence-electron chi connectivity index (χ0n) is 24.8. The molecule has 2 aromatic carbocycles. The Balaban J connectivity index is 1.06.